The molecule has 5 heteroatoms. The fourth-order valence-corrected chi connectivity index (χ4v) is 3.66. The number of aliphatic hydroxyl groups is 1. The van der Waals surface area contributed by atoms with Crippen molar-refractivity contribution in [1.29, 1.82) is 0 Å². The quantitative estimate of drug-likeness (QED) is 0.738. The molecule has 0 unspecified atom stereocenters. The van der Waals surface area contributed by atoms with E-state index in [0.717, 1.165) is 19.3 Å². The molecule has 0 saturated heterocycles. The van der Waals surface area contributed by atoms with Gasteiger partial charge in [-0.25, -0.2) is 8.42 Å². The lowest BCUT2D eigenvalue weighted by atomic mass is 9.76. The molecule has 0 aromatic rings. The largest absolute Gasteiger partial charge is 0.390 e. The van der Waals surface area contributed by atoms with Crippen LogP contribution < -0.4 is 0 Å². The van der Waals surface area contributed by atoms with Crippen LogP contribution in [-0.2, 0) is 9.05 Å². The Hall–Kier alpha value is 0.200. The molecular formula is C8H13ClO3S. The molecule has 0 aliphatic heterocycles. The maximum Gasteiger partial charge on any atom is 0.238 e. The van der Waals surface area contributed by atoms with Crippen molar-refractivity contribution >= 4 is 19.7 Å². The normalized spacial score (nSPS) is 29.4. The molecule has 2 rings (SSSR count). The monoisotopic (exact) mass is 224 g/mol. The first-order valence-electron chi connectivity index (χ1n) is 4.54. The zero-order valence-corrected chi connectivity index (χ0v) is 8.86. The first kappa shape index (κ1) is 9.74. The van der Waals surface area contributed by atoms with Crippen molar-refractivity contribution in [3.05, 3.63) is 0 Å². The first-order valence-corrected chi connectivity index (χ1v) is 6.85. The van der Waals surface area contributed by atoms with Gasteiger partial charge in [-0.05, 0) is 38.5 Å². The summed E-state index contributed by atoms with van der Waals surface area (Å²) in [5, 5.41) is 9.83. The zero-order chi connectivity index (χ0) is 9.74. The molecule has 0 bridgehead atoms. The summed E-state index contributed by atoms with van der Waals surface area (Å²) in [7, 11) is 1.85. The minimum Gasteiger partial charge on any atom is -0.390 e. The van der Waals surface area contributed by atoms with Gasteiger partial charge in [0, 0.05) is 10.7 Å². The summed E-state index contributed by atoms with van der Waals surface area (Å²) in [5.41, 5.74) is -0.738. The number of rotatable bonds is 3. The summed E-state index contributed by atoms with van der Waals surface area (Å²) in [6.45, 7) is 0. The third-order valence-corrected chi connectivity index (χ3v) is 5.83. The third-order valence-electron chi connectivity index (χ3n) is 3.26. The minimum absolute atomic E-state index is 0.339. The minimum atomic E-state index is -3.49. The molecule has 76 valence electrons. The molecule has 2 fully saturated rings. The van der Waals surface area contributed by atoms with Crippen molar-refractivity contribution in [2.45, 2.75) is 48.9 Å². The van der Waals surface area contributed by atoms with E-state index in [1.165, 1.54) is 0 Å². The van der Waals surface area contributed by atoms with Crippen LogP contribution in [0, 0.1) is 0 Å². The molecule has 0 amide bonds. The second kappa shape index (κ2) is 2.61. The lowest BCUT2D eigenvalue weighted by Crippen LogP contribution is -2.42. The molecule has 0 aromatic carbocycles. The van der Waals surface area contributed by atoms with Gasteiger partial charge in [0.2, 0.25) is 9.05 Å². The van der Waals surface area contributed by atoms with Gasteiger partial charge in [0.1, 0.15) is 0 Å². The predicted molar refractivity (Wildman–Crippen MR) is 50.2 cm³/mol. The molecule has 0 aromatic heterocycles. The molecule has 3 nitrogen and oxygen atoms in total. The summed E-state index contributed by atoms with van der Waals surface area (Å²) < 4.78 is 21.6. The SMILES string of the molecule is O=S(=O)(Cl)C1(CC2(O)CCC2)CC1. The molecule has 0 atom stereocenters. The van der Waals surface area contributed by atoms with Crippen LogP contribution in [0.4, 0.5) is 0 Å². The van der Waals surface area contributed by atoms with Gasteiger partial charge in [0.25, 0.3) is 0 Å². The number of hydrogen-bond donors (Lipinski definition) is 1. The fourth-order valence-electron chi connectivity index (χ4n) is 2.01. The van der Waals surface area contributed by atoms with Crippen molar-refractivity contribution in [2.75, 3.05) is 0 Å². The lowest BCUT2D eigenvalue weighted by molar-refractivity contribution is -0.0422. The van der Waals surface area contributed by atoms with Gasteiger partial charge in [-0.2, -0.15) is 0 Å². The van der Waals surface area contributed by atoms with Crippen LogP contribution in [0.1, 0.15) is 38.5 Å². The van der Waals surface area contributed by atoms with E-state index in [4.69, 9.17) is 10.7 Å². The van der Waals surface area contributed by atoms with Crippen LogP contribution >= 0.6 is 10.7 Å². The van der Waals surface area contributed by atoms with Gasteiger partial charge in [-0.3, -0.25) is 0 Å². The maximum absolute atomic E-state index is 11.2. The molecule has 0 spiro atoms. The molecule has 13 heavy (non-hydrogen) atoms. The summed E-state index contributed by atoms with van der Waals surface area (Å²) >= 11 is 0. The van der Waals surface area contributed by atoms with Gasteiger partial charge in [-0.15, -0.1) is 0 Å². The van der Waals surface area contributed by atoms with E-state index in [9.17, 15) is 13.5 Å². The predicted octanol–water partition coefficient (Wildman–Crippen LogP) is 1.39. The molecule has 1 N–H and O–H groups in total. The highest BCUT2D eigenvalue weighted by Gasteiger charge is 2.58. The van der Waals surface area contributed by atoms with Gasteiger partial charge >= 0.3 is 0 Å². The Bertz CT molecular complexity index is 314. The van der Waals surface area contributed by atoms with E-state index in [0.29, 0.717) is 19.3 Å². The highest BCUT2D eigenvalue weighted by molar-refractivity contribution is 8.15. The average molecular weight is 225 g/mol. The molecule has 0 radical (unpaired) electrons. The van der Waals surface area contributed by atoms with Crippen molar-refractivity contribution < 1.29 is 13.5 Å². The van der Waals surface area contributed by atoms with Crippen molar-refractivity contribution in [2.24, 2.45) is 0 Å². The maximum atomic E-state index is 11.2. The van der Waals surface area contributed by atoms with Crippen molar-refractivity contribution in [1.82, 2.24) is 0 Å². The van der Waals surface area contributed by atoms with Crippen LogP contribution in [0.3, 0.4) is 0 Å². The van der Waals surface area contributed by atoms with E-state index in [1.54, 1.807) is 0 Å². The summed E-state index contributed by atoms with van der Waals surface area (Å²) in [5.74, 6) is 0. The number of halogens is 1. The molecule has 2 saturated carbocycles. The molecule has 2 aliphatic rings. The van der Waals surface area contributed by atoms with Gasteiger partial charge in [0.15, 0.2) is 0 Å². The van der Waals surface area contributed by atoms with Crippen LogP contribution in [0.15, 0.2) is 0 Å². The Labute approximate surface area is 82.5 Å². The van der Waals surface area contributed by atoms with Gasteiger partial charge in [0.05, 0.1) is 10.3 Å². The Morgan fingerprint density at radius 2 is 1.77 bits per heavy atom. The topological polar surface area (TPSA) is 54.4 Å². The van der Waals surface area contributed by atoms with Crippen molar-refractivity contribution in [3.63, 3.8) is 0 Å². The fraction of sp³-hybridized carbons (Fsp3) is 1.00. The highest BCUT2D eigenvalue weighted by atomic mass is 35.7. The number of hydrogen-bond acceptors (Lipinski definition) is 3. The van der Waals surface area contributed by atoms with E-state index < -0.39 is 19.4 Å². The standard InChI is InChI=1S/C8H13ClO3S/c9-13(11,12)8(4-5-8)6-7(10)2-1-3-7/h10H,1-6H2. The Balaban J connectivity index is 2.10. The Morgan fingerprint density at radius 1 is 1.23 bits per heavy atom. The highest BCUT2D eigenvalue weighted by Crippen LogP contribution is 2.54. The molecular weight excluding hydrogens is 212 g/mol. The Kier molecular flexibility index (Phi) is 1.96. The lowest BCUT2D eigenvalue weighted by Gasteiger charge is -2.38. The second-order valence-electron chi connectivity index (χ2n) is 4.38. The average Bonchev–Trinajstić information content (AvgIpc) is 2.64. The van der Waals surface area contributed by atoms with E-state index in [1.807, 2.05) is 0 Å². The summed E-state index contributed by atoms with van der Waals surface area (Å²) in [6.07, 6.45) is 4.01. The molecule has 0 heterocycles. The van der Waals surface area contributed by atoms with Crippen LogP contribution in [0.2, 0.25) is 0 Å². The van der Waals surface area contributed by atoms with E-state index in [2.05, 4.69) is 0 Å². The zero-order valence-electron chi connectivity index (χ0n) is 7.29. The van der Waals surface area contributed by atoms with E-state index in [-0.39, 0.29) is 0 Å². The first-order chi connectivity index (χ1) is 5.87. The smallest absolute Gasteiger partial charge is 0.238 e. The third kappa shape index (κ3) is 1.60. The van der Waals surface area contributed by atoms with Crippen LogP contribution in [0.25, 0.3) is 0 Å². The van der Waals surface area contributed by atoms with Crippen molar-refractivity contribution in [3.8, 4) is 0 Å². The van der Waals surface area contributed by atoms with Crippen LogP contribution in [-0.4, -0.2) is 23.9 Å². The van der Waals surface area contributed by atoms with Crippen LogP contribution in [0.5, 0.6) is 0 Å². The summed E-state index contributed by atoms with van der Waals surface area (Å²) in [4.78, 5) is 0. The van der Waals surface area contributed by atoms with Gasteiger partial charge in [-0.1, -0.05) is 0 Å². The molecule has 2 aliphatic carbocycles. The summed E-state index contributed by atoms with van der Waals surface area (Å²) in [6, 6.07) is 0. The van der Waals surface area contributed by atoms with E-state index >= 15 is 0 Å². The second-order valence-corrected chi connectivity index (χ2v) is 7.34. The van der Waals surface area contributed by atoms with Gasteiger partial charge < -0.3 is 5.11 Å². The Morgan fingerprint density at radius 3 is 2.00 bits per heavy atom.